The highest BCUT2D eigenvalue weighted by Gasteiger charge is 2.16. The number of carbonyl (C=O) groups is 1. The van der Waals surface area contributed by atoms with Gasteiger partial charge >= 0.3 is 0 Å². The van der Waals surface area contributed by atoms with E-state index in [1.54, 1.807) is 18.2 Å². The number of carbonyl (C=O) groups excluding carboxylic acids is 1. The van der Waals surface area contributed by atoms with Crippen LogP contribution in [0.25, 0.3) is 0 Å². The van der Waals surface area contributed by atoms with Crippen molar-refractivity contribution in [3.63, 3.8) is 0 Å². The third-order valence-electron chi connectivity index (χ3n) is 3.32. The molecular weight excluding hydrogens is 314 g/mol. The summed E-state index contributed by atoms with van der Waals surface area (Å²) in [4.78, 5) is 23.8. The van der Waals surface area contributed by atoms with Gasteiger partial charge < -0.3 is 19.5 Å². The topological polar surface area (TPSA) is 91.7 Å². The van der Waals surface area contributed by atoms with Gasteiger partial charge in [0.2, 0.25) is 5.75 Å². The molecular formula is C16H19N3O5. The van der Waals surface area contributed by atoms with E-state index in [9.17, 15) is 9.59 Å². The Morgan fingerprint density at radius 1 is 1.17 bits per heavy atom. The van der Waals surface area contributed by atoms with Gasteiger partial charge in [-0.1, -0.05) is 0 Å². The summed E-state index contributed by atoms with van der Waals surface area (Å²) in [6, 6.07) is 6.09. The molecule has 2 aromatic rings. The Bertz CT molecular complexity index is 747. The van der Waals surface area contributed by atoms with Crippen LogP contribution in [0.3, 0.4) is 0 Å². The van der Waals surface area contributed by atoms with Gasteiger partial charge in [0.25, 0.3) is 11.5 Å². The zero-order valence-corrected chi connectivity index (χ0v) is 13.7. The van der Waals surface area contributed by atoms with Crippen LogP contribution < -0.4 is 25.1 Å². The van der Waals surface area contributed by atoms with E-state index < -0.39 is 0 Å². The number of hydrogen-bond donors (Lipinski definition) is 1. The second kappa shape index (κ2) is 8.00. The second-order valence-corrected chi connectivity index (χ2v) is 4.75. The zero-order chi connectivity index (χ0) is 17.5. The minimum atomic E-state index is -0.321. The molecule has 24 heavy (non-hydrogen) atoms. The average Bonchev–Trinajstić information content (AvgIpc) is 2.61. The van der Waals surface area contributed by atoms with Gasteiger partial charge in [-0.25, -0.2) is 4.68 Å². The molecule has 0 bridgehead atoms. The van der Waals surface area contributed by atoms with Crippen LogP contribution >= 0.6 is 0 Å². The van der Waals surface area contributed by atoms with E-state index in [0.717, 1.165) is 0 Å². The molecule has 2 rings (SSSR count). The fraction of sp³-hybridized carbons (Fsp3) is 0.312. The molecule has 0 spiro atoms. The summed E-state index contributed by atoms with van der Waals surface area (Å²) in [5.41, 5.74) is 0.136. The lowest BCUT2D eigenvalue weighted by atomic mass is 10.1. The summed E-state index contributed by atoms with van der Waals surface area (Å²) < 4.78 is 16.9. The van der Waals surface area contributed by atoms with Gasteiger partial charge in [-0.2, -0.15) is 5.10 Å². The van der Waals surface area contributed by atoms with Crippen molar-refractivity contribution in [3.8, 4) is 17.2 Å². The Labute approximate surface area is 139 Å². The second-order valence-electron chi connectivity index (χ2n) is 4.75. The van der Waals surface area contributed by atoms with Crippen LogP contribution in [-0.2, 0) is 6.54 Å². The lowest BCUT2D eigenvalue weighted by molar-refractivity contribution is 0.0951. The maximum atomic E-state index is 12.3. The van der Waals surface area contributed by atoms with Crippen molar-refractivity contribution in [1.29, 1.82) is 0 Å². The Kier molecular flexibility index (Phi) is 5.78. The summed E-state index contributed by atoms with van der Waals surface area (Å²) in [5.74, 6) is 0.876. The van der Waals surface area contributed by atoms with Crippen molar-refractivity contribution in [1.82, 2.24) is 15.1 Å². The van der Waals surface area contributed by atoms with Gasteiger partial charge in [0, 0.05) is 24.4 Å². The molecule has 128 valence electrons. The number of rotatable bonds is 7. The SMILES string of the molecule is COc1cc(C(=O)NCCn2ncccc2=O)cc(OC)c1OC. The van der Waals surface area contributed by atoms with Crippen molar-refractivity contribution in [2.75, 3.05) is 27.9 Å². The molecule has 0 fully saturated rings. The van der Waals surface area contributed by atoms with Crippen molar-refractivity contribution in [2.24, 2.45) is 0 Å². The number of nitrogens with one attached hydrogen (secondary N) is 1. The van der Waals surface area contributed by atoms with Gasteiger partial charge in [0.15, 0.2) is 11.5 Å². The summed E-state index contributed by atoms with van der Waals surface area (Å²) >= 11 is 0. The van der Waals surface area contributed by atoms with Gasteiger partial charge in [-0.3, -0.25) is 9.59 Å². The molecule has 1 aromatic heterocycles. The van der Waals surface area contributed by atoms with Crippen molar-refractivity contribution in [2.45, 2.75) is 6.54 Å². The summed E-state index contributed by atoms with van der Waals surface area (Å²) in [6.07, 6.45) is 1.52. The fourth-order valence-corrected chi connectivity index (χ4v) is 2.14. The number of methoxy groups -OCH3 is 3. The predicted octanol–water partition coefficient (Wildman–Crippen LogP) is 0.699. The first-order valence-corrected chi connectivity index (χ1v) is 7.21. The molecule has 1 N–H and O–H groups in total. The Hall–Kier alpha value is -3.03. The number of hydrogen-bond acceptors (Lipinski definition) is 6. The van der Waals surface area contributed by atoms with Crippen molar-refractivity contribution < 1.29 is 19.0 Å². The Morgan fingerprint density at radius 2 is 1.83 bits per heavy atom. The normalized spacial score (nSPS) is 10.1. The van der Waals surface area contributed by atoms with E-state index in [0.29, 0.717) is 22.8 Å². The minimum absolute atomic E-state index is 0.223. The molecule has 0 atom stereocenters. The Morgan fingerprint density at radius 3 is 2.38 bits per heavy atom. The van der Waals surface area contributed by atoms with Crippen LogP contribution in [0.4, 0.5) is 0 Å². The van der Waals surface area contributed by atoms with E-state index in [1.165, 1.54) is 38.3 Å². The summed E-state index contributed by atoms with van der Waals surface area (Å²) in [5, 5.41) is 6.65. The largest absolute Gasteiger partial charge is 0.493 e. The van der Waals surface area contributed by atoms with Crippen LogP contribution in [0, 0.1) is 0 Å². The number of ether oxygens (including phenoxy) is 3. The van der Waals surface area contributed by atoms with E-state index in [4.69, 9.17) is 14.2 Å². The number of aromatic nitrogens is 2. The highest BCUT2D eigenvalue weighted by Crippen LogP contribution is 2.38. The maximum Gasteiger partial charge on any atom is 0.266 e. The maximum absolute atomic E-state index is 12.3. The van der Waals surface area contributed by atoms with Gasteiger partial charge in [0.1, 0.15) is 0 Å². The predicted molar refractivity (Wildman–Crippen MR) is 86.9 cm³/mol. The van der Waals surface area contributed by atoms with Crippen LogP contribution in [0.2, 0.25) is 0 Å². The minimum Gasteiger partial charge on any atom is -0.493 e. The zero-order valence-electron chi connectivity index (χ0n) is 13.7. The molecule has 8 heteroatoms. The third kappa shape index (κ3) is 3.83. The molecule has 1 amide bonds. The highest BCUT2D eigenvalue weighted by molar-refractivity contribution is 5.95. The molecule has 0 saturated heterocycles. The van der Waals surface area contributed by atoms with E-state index >= 15 is 0 Å². The van der Waals surface area contributed by atoms with E-state index in [1.807, 2.05) is 0 Å². The van der Waals surface area contributed by atoms with Gasteiger partial charge in [-0.05, 0) is 18.2 Å². The molecule has 0 saturated carbocycles. The molecule has 0 aliphatic carbocycles. The number of amides is 1. The highest BCUT2D eigenvalue weighted by atomic mass is 16.5. The molecule has 1 heterocycles. The number of nitrogens with zero attached hydrogens (tertiary/aromatic N) is 2. The average molecular weight is 333 g/mol. The number of benzene rings is 1. The van der Waals surface area contributed by atoms with Crippen LogP contribution in [0.15, 0.2) is 35.3 Å². The lowest BCUT2D eigenvalue weighted by Crippen LogP contribution is -2.31. The lowest BCUT2D eigenvalue weighted by Gasteiger charge is -2.14. The van der Waals surface area contributed by atoms with Crippen LogP contribution in [0.1, 0.15) is 10.4 Å². The first kappa shape index (κ1) is 17.3. The third-order valence-corrected chi connectivity index (χ3v) is 3.32. The molecule has 0 aliphatic rings. The molecule has 1 aromatic carbocycles. The summed E-state index contributed by atoms with van der Waals surface area (Å²) in [7, 11) is 4.45. The first-order valence-electron chi connectivity index (χ1n) is 7.21. The molecule has 8 nitrogen and oxygen atoms in total. The van der Waals surface area contributed by atoms with Crippen molar-refractivity contribution >= 4 is 5.91 Å². The van der Waals surface area contributed by atoms with E-state index in [-0.39, 0.29) is 24.6 Å². The first-order chi connectivity index (χ1) is 11.6. The molecule has 0 unspecified atom stereocenters. The standard InChI is InChI=1S/C16H19N3O5/c1-22-12-9-11(10-13(23-2)15(12)24-3)16(21)17-7-8-19-14(20)5-4-6-18-19/h4-6,9-10H,7-8H2,1-3H3,(H,17,21). The quantitative estimate of drug-likeness (QED) is 0.802. The fourth-order valence-electron chi connectivity index (χ4n) is 2.14. The van der Waals surface area contributed by atoms with Gasteiger partial charge in [0.05, 0.1) is 27.9 Å². The monoisotopic (exact) mass is 333 g/mol. The smallest absolute Gasteiger partial charge is 0.266 e. The van der Waals surface area contributed by atoms with Crippen LogP contribution in [-0.4, -0.2) is 43.6 Å². The molecule has 0 radical (unpaired) electrons. The van der Waals surface area contributed by atoms with Gasteiger partial charge in [-0.15, -0.1) is 0 Å². The van der Waals surface area contributed by atoms with E-state index in [2.05, 4.69) is 10.4 Å². The van der Waals surface area contributed by atoms with Crippen molar-refractivity contribution in [3.05, 3.63) is 46.4 Å². The van der Waals surface area contributed by atoms with Crippen LogP contribution in [0.5, 0.6) is 17.2 Å². The summed E-state index contributed by atoms with van der Waals surface area (Å²) in [6.45, 7) is 0.530. The molecule has 0 aliphatic heterocycles. The Balaban J connectivity index is 2.09.